The summed E-state index contributed by atoms with van der Waals surface area (Å²) < 4.78 is 39.2. The molecule has 2 amide bonds. The highest BCUT2D eigenvalue weighted by Gasteiger charge is 2.32. The van der Waals surface area contributed by atoms with Crippen LogP contribution >= 0.6 is 0 Å². The van der Waals surface area contributed by atoms with E-state index in [4.69, 9.17) is 9.47 Å². The van der Waals surface area contributed by atoms with Gasteiger partial charge < -0.3 is 24.8 Å². The van der Waals surface area contributed by atoms with Gasteiger partial charge in [-0.1, -0.05) is 50.2 Å². The smallest absolute Gasteiger partial charge is 0.254 e. The second kappa shape index (κ2) is 15.3. The molecule has 1 fully saturated rings. The third-order valence-corrected chi connectivity index (χ3v) is 9.25. The molecule has 1 aliphatic rings. The zero-order valence-electron chi connectivity index (χ0n) is 25.4. The summed E-state index contributed by atoms with van der Waals surface area (Å²) in [7, 11) is -2.47. The molecule has 1 aliphatic heterocycles. The summed E-state index contributed by atoms with van der Waals surface area (Å²) in [5.41, 5.74) is 1.51. The van der Waals surface area contributed by atoms with Crippen molar-refractivity contribution < 1.29 is 32.6 Å². The van der Waals surface area contributed by atoms with E-state index in [9.17, 15) is 23.1 Å². The van der Waals surface area contributed by atoms with Crippen LogP contribution in [-0.4, -0.2) is 93.2 Å². The Bertz CT molecular complexity index is 1490. The maximum atomic E-state index is 13.7. The Hall–Kier alpha value is -3.77. The van der Waals surface area contributed by atoms with E-state index in [2.05, 4.69) is 5.32 Å². The Balaban J connectivity index is 1.57. The topological polar surface area (TPSA) is 125 Å². The maximum absolute atomic E-state index is 13.7. The summed E-state index contributed by atoms with van der Waals surface area (Å²) >= 11 is 0. The van der Waals surface area contributed by atoms with Crippen LogP contribution in [-0.2, 0) is 21.2 Å². The Morgan fingerprint density at radius 2 is 1.61 bits per heavy atom. The van der Waals surface area contributed by atoms with Crippen LogP contribution in [0.25, 0.3) is 0 Å². The molecule has 2 N–H and O–H groups in total. The molecule has 0 spiro atoms. The predicted octanol–water partition coefficient (Wildman–Crippen LogP) is 3.22. The number of benzene rings is 3. The molecule has 11 heteroatoms. The summed E-state index contributed by atoms with van der Waals surface area (Å²) in [5, 5.41) is 14.5. The number of rotatable bonds is 13. The standard InChI is InChI=1S/C33H41N3O7S/c1-24(2)22-36(44(40,41)29-14-12-28(42-3)13-15-29)23-31(37)30(20-25-8-5-4-6-9-25)34-32(38)26-10-7-11-27(21-26)33(39)35-16-18-43-19-17-35/h4-15,21,24,30-31,37H,16-20,22-23H2,1-3H3,(H,34,38)/t30-,31+/m0/s1. The lowest BCUT2D eigenvalue weighted by Crippen LogP contribution is -2.51. The first-order valence-corrected chi connectivity index (χ1v) is 16.2. The van der Waals surface area contributed by atoms with Crippen LogP contribution in [0.2, 0.25) is 0 Å². The van der Waals surface area contributed by atoms with E-state index in [1.165, 1.54) is 29.6 Å². The Morgan fingerprint density at radius 3 is 2.25 bits per heavy atom. The van der Waals surface area contributed by atoms with Crippen molar-refractivity contribution in [3.63, 3.8) is 0 Å². The summed E-state index contributed by atoms with van der Waals surface area (Å²) in [5.74, 6) is -0.156. The lowest BCUT2D eigenvalue weighted by molar-refractivity contribution is 0.0303. The number of ether oxygens (including phenoxy) is 2. The van der Waals surface area contributed by atoms with E-state index in [-0.39, 0.29) is 41.8 Å². The van der Waals surface area contributed by atoms with Crippen LogP contribution in [0, 0.1) is 5.92 Å². The van der Waals surface area contributed by atoms with E-state index in [1.807, 2.05) is 44.2 Å². The number of nitrogens with zero attached hydrogens (tertiary/aromatic N) is 2. The highest BCUT2D eigenvalue weighted by Crippen LogP contribution is 2.22. The number of amides is 2. The number of carbonyl (C=O) groups is 2. The maximum Gasteiger partial charge on any atom is 0.254 e. The SMILES string of the molecule is COc1ccc(S(=O)(=O)N(CC(C)C)C[C@@H](O)[C@H](Cc2ccccc2)NC(=O)c2cccc(C(=O)N3CCOCC3)c2)cc1. The van der Waals surface area contributed by atoms with Gasteiger partial charge in [0.15, 0.2) is 0 Å². The number of methoxy groups -OCH3 is 1. The van der Waals surface area contributed by atoms with E-state index in [1.54, 1.807) is 35.2 Å². The lowest BCUT2D eigenvalue weighted by Gasteiger charge is -2.31. The average molecular weight is 624 g/mol. The van der Waals surface area contributed by atoms with Crippen molar-refractivity contribution in [1.82, 2.24) is 14.5 Å². The molecule has 1 saturated heterocycles. The molecular formula is C33H41N3O7S. The fourth-order valence-corrected chi connectivity index (χ4v) is 6.68. The number of morpholine rings is 1. The summed E-state index contributed by atoms with van der Waals surface area (Å²) in [6, 6.07) is 21.1. The zero-order chi connectivity index (χ0) is 31.7. The van der Waals surface area contributed by atoms with Crippen molar-refractivity contribution in [2.45, 2.75) is 37.3 Å². The predicted molar refractivity (Wildman–Crippen MR) is 167 cm³/mol. The monoisotopic (exact) mass is 623 g/mol. The van der Waals surface area contributed by atoms with Gasteiger partial charge in [-0.2, -0.15) is 4.31 Å². The molecule has 3 aromatic carbocycles. The third-order valence-electron chi connectivity index (χ3n) is 7.41. The van der Waals surface area contributed by atoms with E-state index in [0.29, 0.717) is 37.6 Å². The second-order valence-corrected chi connectivity index (χ2v) is 13.2. The van der Waals surface area contributed by atoms with Gasteiger partial charge in [-0.05, 0) is 60.4 Å². The molecule has 10 nitrogen and oxygen atoms in total. The minimum Gasteiger partial charge on any atom is -0.497 e. The molecule has 0 unspecified atom stereocenters. The van der Waals surface area contributed by atoms with Gasteiger partial charge in [0.1, 0.15) is 5.75 Å². The van der Waals surface area contributed by atoms with Crippen molar-refractivity contribution in [3.8, 4) is 5.75 Å². The van der Waals surface area contributed by atoms with Gasteiger partial charge in [-0.3, -0.25) is 9.59 Å². The summed E-state index contributed by atoms with van der Waals surface area (Å²) in [6.07, 6.45) is -0.984. The first-order chi connectivity index (χ1) is 21.1. The molecule has 236 valence electrons. The zero-order valence-corrected chi connectivity index (χ0v) is 26.2. The van der Waals surface area contributed by atoms with Crippen LogP contribution < -0.4 is 10.1 Å². The van der Waals surface area contributed by atoms with Gasteiger partial charge in [0.2, 0.25) is 10.0 Å². The van der Waals surface area contributed by atoms with Crippen molar-refractivity contribution in [2.24, 2.45) is 5.92 Å². The molecule has 1 heterocycles. The molecular weight excluding hydrogens is 582 g/mol. The Kier molecular flexibility index (Phi) is 11.5. The molecule has 0 bridgehead atoms. The quantitative estimate of drug-likeness (QED) is 0.300. The minimum atomic E-state index is -3.98. The molecule has 0 aromatic heterocycles. The molecule has 3 aromatic rings. The minimum absolute atomic E-state index is 0.0240. The molecule has 0 radical (unpaired) electrons. The van der Waals surface area contributed by atoms with Crippen LogP contribution in [0.5, 0.6) is 5.75 Å². The van der Waals surface area contributed by atoms with Crippen LogP contribution in [0.4, 0.5) is 0 Å². The van der Waals surface area contributed by atoms with Gasteiger partial charge >= 0.3 is 0 Å². The summed E-state index contributed by atoms with van der Waals surface area (Å²) in [4.78, 5) is 28.3. The first-order valence-electron chi connectivity index (χ1n) is 14.7. The number of aliphatic hydroxyl groups is 1. The second-order valence-electron chi connectivity index (χ2n) is 11.2. The third kappa shape index (κ3) is 8.66. The van der Waals surface area contributed by atoms with E-state index in [0.717, 1.165) is 5.56 Å². The van der Waals surface area contributed by atoms with Crippen molar-refractivity contribution in [3.05, 3.63) is 95.6 Å². The number of sulfonamides is 1. The van der Waals surface area contributed by atoms with E-state index >= 15 is 0 Å². The summed E-state index contributed by atoms with van der Waals surface area (Å²) in [6.45, 7) is 5.62. The number of aliphatic hydroxyl groups excluding tert-OH is 1. The van der Waals surface area contributed by atoms with Crippen molar-refractivity contribution in [1.29, 1.82) is 0 Å². The van der Waals surface area contributed by atoms with Gasteiger partial charge in [-0.25, -0.2) is 8.42 Å². The van der Waals surface area contributed by atoms with Crippen LogP contribution in [0.3, 0.4) is 0 Å². The number of nitrogens with one attached hydrogen (secondary N) is 1. The molecule has 0 aliphatic carbocycles. The lowest BCUT2D eigenvalue weighted by atomic mass is 10.00. The largest absolute Gasteiger partial charge is 0.497 e. The number of carbonyl (C=O) groups excluding carboxylic acids is 2. The molecule has 0 saturated carbocycles. The Morgan fingerprint density at radius 1 is 0.955 bits per heavy atom. The van der Waals surface area contributed by atoms with Gasteiger partial charge in [-0.15, -0.1) is 0 Å². The van der Waals surface area contributed by atoms with Crippen molar-refractivity contribution >= 4 is 21.8 Å². The number of hydrogen-bond acceptors (Lipinski definition) is 7. The average Bonchev–Trinajstić information content (AvgIpc) is 3.04. The Labute approximate surface area is 259 Å². The fraction of sp³-hybridized carbons (Fsp3) is 0.394. The molecule has 44 heavy (non-hydrogen) atoms. The van der Waals surface area contributed by atoms with Gasteiger partial charge in [0.25, 0.3) is 11.8 Å². The highest BCUT2D eigenvalue weighted by molar-refractivity contribution is 7.89. The van der Waals surface area contributed by atoms with Crippen LogP contribution in [0.1, 0.15) is 40.1 Å². The fourth-order valence-electron chi connectivity index (χ4n) is 5.06. The number of hydrogen-bond donors (Lipinski definition) is 2. The molecule has 4 rings (SSSR count). The normalized spacial score (nSPS) is 15.2. The van der Waals surface area contributed by atoms with Gasteiger partial charge in [0, 0.05) is 37.3 Å². The first kappa shape index (κ1) is 33.1. The van der Waals surface area contributed by atoms with Gasteiger partial charge in [0.05, 0.1) is 37.4 Å². The van der Waals surface area contributed by atoms with E-state index < -0.39 is 28.1 Å². The van der Waals surface area contributed by atoms with Crippen molar-refractivity contribution in [2.75, 3.05) is 46.5 Å². The van der Waals surface area contributed by atoms with Crippen LogP contribution in [0.15, 0.2) is 83.8 Å². The highest BCUT2D eigenvalue weighted by atomic mass is 32.2. The molecule has 2 atom stereocenters.